The topological polar surface area (TPSA) is 61.5 Å². The van der Waals surface area contributed by atoms with Crippen LogP contribution in [0.3, 0.4) is 0 Å². The zero-order valence-electron chi connectivity index (χ0n) is 11.2. The Balaban J connectivity index is 2.83. The molecular weight excluding hydrogens is 230 g/mol. The minimum Gasteiger partial charge on any atom is -0.491 e. The maximum absolute atomic E-state index is 11.8. The second-order valence-electron chi connectivity index (χ2n) is 4.48. The van der Waals surface area contributed by atoms with Crippen molar-refractivity contribution in [3.63, 3.8) is 0 Å². The van der Waals surface area contributed by atoms with E-state index in [0.29, 0.717) is 36.1 Å². The van der Waals surface area contributed by atoms with Crippen molar-refractivity contribution in [1.82, 2.24) is 0 Å². The predicted molar refractivity (Wildman–Crippen MR) is 71.8 cm³/mol. The van der Waals surface area contributed by atoms with Gasteiger partial charge in [-0.2, -0.15) is 0 Å². The number of carbonyl (C=O) groups is 1. The Hall–Kier alpha value is -1.71. The number of nitrogens with two attached hydrogens (primary N) is 1. The van der Waals surface area contributed by atoms with Crippen LogP contribution in [0.2, 0.25) is 0 Å². The van der Waals surface area contributed by atoms with Gasteiger partial charge in [0.1, 0.15) is 5.56 Å². The Labute approximate surface area is 108 Å². The lowest BCUT2D eigenvalue weighted by Gasteiger charge is -2.13. The number of rotatable bonds is 6. The standard InChI is InChI=1S/C14H21NO3/c1-4-17-14(16)11-6-5-7-12(15)13(11)18-9-8-10(2)3/h5-7,10H,4,8-9,15H2,1-3H3. The van der Waals surface area contributed by atoms with E-state index in [1.165, 1.54) is 0 Å². The highest BCUT2D eigenvalue weighted by Crippen LogP contribution is 2.27. The van der Waals surface area contributed by atoms with E-state index in [4.69, 9.17) is 15.2 Å². The Morgan fingerprint density at radius 1 is 1.39 bits per heavy atom. The molecule has 0 aromatic heterocycles. The molecule has 0 bridgehead atoms. The normalized spacial score (nSPS) is 10.4. The maximum atomic E-state index is 11.8. The minimum atomic E-state index is -0.399. The van der Waals surface area contributed by atoms with Crippen molar-refractivity contribution in [2.45, 2.75) is 27.2 Å². The predicted octanol–water partition coefficient (Wildman–Crippen LogP) is 2.87. The third-order valence-corrected chi connectivity index (χ3v) is 2.48. The molecule has 4 nitrogen and oxygen atoms in total. The average Bonchev–Trinajstić information content (AvgIpc) is 2.31. The van der Waals surface area contributed by atoms with Crippen molar-refractivity contribution in [2.24, 2.45) is 5.92 Å². The van der Waals surface area contributed by atoms with Crippen LogP contribution < -0.4 is 10.5 Å². The van der Waals surface area contributed by atoms with Gasteiger partial charge in [0.15, 0.2) is 5.75 Å². The molecule has 1 aromatic rings. The van der Waals surface area contributed by atoms with Gasteiger partial charge >= 0.3 is 5.97 Å². The van der Waals surface area contributed by atoms with Crippen LogP contribution >= 0.6 is 0 Å². The van der Waals surface area contributed by atoms with E-state index in [9.17, 15) is 4.79 Å². The van der Waals surface area contributed by atoms with Crippen LogP contribution in [0.4, 0.5) is 5.69 Å². The first kappa shape index (κ1) is 14.4. The summed E-state index contributed by atoms with van der Waals surface area (Å²) in [7, 11) is 0. The van der Waals surface area contributed by atoms with Crippen LogP contribution in [-0.4, -0.2) is 19.2 Å². The molecule has 0 amide bonds. The van der Waals surface area contributed by atoms with Gasteiger partial charge in [-0.3, -0.25) is 0 Å². The van der Waals surface area contributed by atoms with E-state index >= 15 is 0 Å². The molecule has 0 saturated carbocycles. The molecule has 0 fully saturated rings. The maximum Gasteiger partial charge on any atom is 0.341 e. The van der Waals surface area contributed by atoms with Crippen LogP contribution in [0.25, 0.3) is 0 Å². The number of nitrogen functional groups attached to an aromatic ring is 1. The van der Waals surface area contributed by atoms with Crippen molar-refractivity contribution < 1.29 is 14.3 Å². The molecule has 1 rings (SSSR count). The number of hydrogen-bond donors (Lipinski definition) is 1. The number of hydrogen-bond acceptors (Lipinski definition) is 4. The first-order valence-corrected chi connectivity index (χ1v) is 6.24. The molecule has 0 heterocycles. The molecule has 0 saturated heterocycles. The number of ether oxygens (including phenoxy) is 2. The summed E-state index contributed by atoms with van der Waals surface area (Å²) in [5.74, 6) is 0.571. The van der Waals surface area contributed by atoms with Crippen molar-refractivity contribution >= 4 is 11.7 Å². The first-order valence-electron chi connectivity index (χ1n) is 6.24. The molecule has 0 radical (unpaired) electrons. The summed E-state index contributed by atoms with van der Waals surface area (Å²) in [4.78, 5) is 11.8. The van der Waals surface area contributed by atoms with E-state index < -0.39 is 5.97 Å². The van der Waals surface area contributed by atoms with E-state index in [1.54, 1.807) is 25.1 Å². The van der Waals surface area contributed by atoms with Crippen molar-refractivity contribution in [3.8, 4) is 5.75 Å². The minimum absolute atomic E-state index is 0.332. The fourth-order valence-corrected chi connectivity index (χ4v) is 1.48. The highest BCUT2D eigenvalue weighted by molar-refractivity contribution is 5.94. The second kappa shape index (κ2) is 6.89. The summed E-state index contributed by atoms with van der Waals surface area (Å²) in [6, 6.07) is 5.10. The van der Waals surface area contributed by atoms with E-state index in [-0.39, 0.29) is 0 Å². The lowest BCUT2D eigenvalue weighted by atomic mass is 10.1. The van der Waals surface area contributed by atoms with Crippen LogP contribution in [0.5, 0.6) is 5.75 Å². The van der Waals surface area contributed by atoms with Crippen molar-refractivity contribution in [3.05, 3.63) is 23.8 Å². The molecule has 100 valence electrons. The summed E-state index contributed by atoms with van der Waals surface area (Å²) in [5, 5.41) is 0. The van der Waals surface area contributed by atoms with Crippen molar-refractivity contribution in [1.29, 1.82) is 0 Å². The van der Waals surface area contributed by atoms with Gasteiger partial charge in [-0.1, -0.05) is 19.9 Å². The van der Waals surface area contributed by atoms with Gasteiger partial charge in [-0.15, -0.1) is 0 Å². The number of anilines is 1. The summed E-state index contributed by atoms with van der Waals surface area (Å²) >= 11 is 0. The summed E-state index contributed by atoms with van der Waals surface area (Å²) < 4.78 is 10.6. The molecule has 0 aliphatic rings. The lowest BCUT2D eigenvalue weighted by molar-refractivity contribution is 0.0521. The third-order valence-electron chi connectivity index (χ3n) is 2.48. The zero-order valence-corrected chi connectivity index (χ0v) is 11.2. The number of carbonyl (C=O) groups excluding carboxylic acids is 1. The van der Waals surface area contributed by atoms with Gasteiger partial charge < -0.3 is 15.2 Å². The Morgan fingerprint density at radius 3 is 2.72 bits per heavy atom. The molecule has 1 aromatic carbocycles. The highest BCUT2D eigenvalue weighted by Gasteiger charge is 2.16. The number of para-hydroxylation sites is 1. The number of esters is 1. The van der Waals surface area contributed by atoms with Gasteiger partial charge in [-0.25, -0.2) is 4.79 Å². The fourth-order valence-electron chi connectivity index (χ4n) is 1.48. The quantitative estimate of drug-likeness (QED) is 0.623. The van der Waals surface area contributed by atoms with Crippen LogP contribution in [0.1, 0.15) is 37.6 Å². The largest absolute Gasteiger partial charge is 0.491 e. The monoisotopic (exact) mass is 251 g/mol. The SMILES string of the molecule is CCOC(=O)c1cccc(N)c1OCCC(C)C. The lowest BCUT2D eigenvalue weighted by Crippen LogP contribution is -2.11. The molecule has 4 heteroatoms. The van der Waals surface area contributed by atoms with Gasteiger partial charge in [0.05, 0.1) is 18.9 Å². The van der Waals surface area contributed by atoms with Gasteiger partial charge in [0, 0.05) is 0 Å². The number of benzene rings is 1. The molecule has 18 heavy (non-hydrogen) atoms. The third kappa shape index (κ3) is 3.95. The first-order chi connectivity index (χ1) is 8.56. The summed E-state index contributed by atoms with van der Waals surface area (Å²) in [6.45, 7) is 6.87. The molecule has 0 aliphatic carbocycles. The van der Waals surface area contributed by atoms with Gasteiger partial charge in [-0.05, 0) is 31.4 Å². The van der Waals surface area contributed by atoms with E-state index in [0.717, 1.165) is 6.42 Å². The van der Waals surface area contributed by atoms with Crippen LogP contribution in [0.15, 0.2) is 18.2 Å². The molecular formula is C14H21NO3. The second-order valence-corrected chi connectivity index (χ2v) is 4.48. The van der Waals surface area contributed by atoms with Crippen LogP contribution in [0, 0.1) is 5.92 Å². The fraction of sp³-hybridized carbons (Fsp3) is 0.500. The van der Waals surface area contributed by atoms with E-state index in [1.807, 2.05) is 0 Å². The average molecular weight is 251 g/mol. The Bertz CT molecular complexity index is 402. The smallest absolute Gasteiger partial charge is 0.341 e. The van der Waals surface area contributed by atoms with Crippen molar-refractivity contribution in [2.75, 3.05) is 18.9 Å². The Kier molecular flexibility index (Phi) is 5.49. The van der Waals surface area contributed by atoms with Gasteiger partial charge in [0.2, 0.25) is 0 Å². The molecule has 2 N–H and O–H groups in total. The van der Waals surface area contributed by atoms with E-state index in [2.05, 4.69) is 13.8 Å². The zero-order chi connectivity index (χ0) is 13.5. The highest BCUT2D eigenvalue weighted by atomic mass is 16.5. The summed E-state index contributed by atoms with van der Waals surface area (Å²) in [6.07, 6.45) is 0.913. The summed E-state index contributed by atoms with van der Waals surface area (Å²) in [5.41, 5.74) is 6.69. The molecule has 0 spiro atoms. The molecule has 0 atom stereocenters. The van der Waals surface area contributed by atoms with Crippen LogP contribution in [-0.2, 0) is 4.74 Å². The Morgan fingerprint density at radius 2 is 2.11 bits per heavy atom. The molecule has 0 aliphatic heterocycles. The van der Waals surface area contributed by atoms with Gasteiger partial charge in [0.25, 0.3) is 0 Å². The molecule has 0 unspecified atom stereocenters.